The van der Waals surface area contributed by atoms with Crippen molar-refractivity contribution in [3.63, 3.8) is 0 Å². The molecule has 1 saturated heterocycles. The van der Waals surface area contributed by atoms with Crippen molar-refractivity contribution in [1.29, 1.82) is 0 Å². The second-order valence-electron chi connectivity index (χ2n) is 8.77. The van der Waals surface area contributed by atoms with Crippen molar-refractivity contribution in [3.05, 3.63) is 100 Å². The summed E-state index contributed by atoms with van der Waals surface area (Å²) < 4.78 is 0. The van der Waals surface area contributed by atoms with Crippen LogP contribution in [-0.2, 0) is 15.1 Å². The van der Waals surface area contributed by atoms with Crippen molar-refractivity contribution in [1.82, 2.24) is 10.2 Å². The first-order chi connectivity index (χ1) is 16.7. The highest BCUT2D eigenvalue weighted by atomic mass is 16.2. The normalized spacial score (nSPS) is 18.7. The van der Waals surface area contributed by atoms with Crippen LogP contribution in [0.4, 0.5) is 10.5 Å². The minimum atomic E-state index is -1.28. The Morgan fingerprint density at radius 2 is 1.46 bits per heavy atom. The van der Waals surface area contributed by atoms with Gasteiger partial charge in [0.15, 0.2) is 11.6 Å². The molecule has 3 aromatic carbocycles. The summed E-state index contributed by atoms with van der Waals surface area (Å²) in [5, 5.41) is 5.31. The van der Waals surface area contributed by atoms with Gasteiger partial charge in [-0.25, -0.2) is 4.79 Å². The van der Waals surface area contributed by atoms with Crippen LogP contribution in [0.1, 0.15) is 49.9 Å². The number of fused-ring (bicyclic) bond motifs is 2. The summed E-state index contributed by atoms with van der Waals surface area (Å²) in [6.07, 6.45) is 0. The Labute approximate surface area is 200 Å². The van der Waals surface area contributed by atoms with E-state index >= 15 is 0 Å². The van der Waals surface area contributed by atoms with Gasteiger partial charge in [-0.05, 0) is 43.2 Å². The van der Waals surface area contributed by atoms with Gasteiger partial charge in [0.25, 0.3) is 5.91 Å². The number of nitrogens with zero attached hydrogens (tertiary/aromatic N) is 1. The lowest BCUT2D eigenvalue weighted by molar-refractivity contribution is -0.133. The fourth-order valence-corrected chi connectivity index (χ4v) is 4.68. The van der Waals surface area contributed by atoms with Crippen LogP contribution in [0.3, 0.4) is 0 Å². The number of aryl methyl sites for hydroxylation is 1. The maximum Gasteiger partial charge on any atom is 0.325 e. The van der Waals surface area contributed by atoms with Gasteiger partial charge in [0.1, 0.15) is 12.1 Å². The second kappa shape index (κ2) is 8.02. The topological polar surface area (TPSA) is 113 Å². The minimum absolute atomic E-state index is 0.189. The van der Waals surface area contributed by atoms with Gasteiger partial charge in [0, 0.05) is 27.9 Å². The number of amides is 4. The number of urea groups is 1. The first-order valence-corrected chi connectivity index (χ1v) is 11.0. The molecule has 0 spiro atoms. The molecule has 5 rings (SSSR count). The Balaban J connectivity index is 1.35. The molecule has 1 heterocycles. The number of ketones is 2. The van der Waals surface area contributed by atoms with Crippen LogP contribution in [0, 0.1) is 6.92 Å². The van der Waals surface area contributed by atoms with E-state index in [4.69, 9.17) is 0 Å². The highest BCUT2D eigenvalue weighted by Crippen LogP contribution is 2.31. The maximum atomic E-state index is 13.1. The van der Waals surface area contributed by atoms with Crippen molar-refractivity contribution < 1.29 is 24.0 Å². The molecule has 8 nitrogen and oxygen atoms in total. The summed E-state index contributed by atoms with van der Waals surface area (Å²) in [5.41, 5.74) is 1.59. The summed E-state index contributed by atoms with van der Waals surface area (Å²) >= 11 is 0. The van der Waals surface area contributed by atoms with E-state index in [1.165, 1.54) is 18.2 Å². The van der Waals surface area contributed by atoms with Crippen LogP contribution >= 0.6 is 0 Å². The Morgan fingerprint density at radius 3 is 2.14 bits per heavy atom. The molecule has 0 aromatic heterocycles. The third-order valence-corrected chi connectivity index (χ3v) is 6.47. The molecule has 4 amide bonds. The zero-order valence-electron chi connectivity index (χ0n) is 19.0. The van der Waals surface area contributed by atoms with E-state index in [1.54, 1.807) is 43.3 Å². The number of carbonyl (C=O) groups excluding carboxylic acids is 5. The lowest BCUT2D eigenvalue weighted by Gasteiger charge is -2.24. The number of anilines is 1. The Bertz CT molecular complexity index is 1460. The first kappa shape index (κ1) is 22.2. The van der Waals surface area contributed by atoms with E-state index in [-0.39, 0.29) is 28.4 Å². The van der Waals surface area contributed by atoms with E-state index < -0.39 is 29.9 Å². The van der Waals surface area contributed by atoms with Gasteiger partial charge in [-0.1, -0.05) is 48.5 Å². The van der Waals surface area contributed by atoms with Crippen LogP contribution < -0.4 is 10.6 Å². The lowest BCUT2D eigenvalue weighted by Crippen LogP contribution is -2.42. The van der Waals surface area contributed by atoms with Crippen LogP contribution in [0.25, 0.3) is 0 Å². The Hall–Kier alpha value is -4.59. The number of hydrogen-bond acceptors (Lipinski definition) is 5. The SMILES string of the molecule is Cc1ccccc1C1(C)NC(=O)N(CC(=O)Nc2ccc3c(c2)C(=O)c2ccccc2C3=O)C1=O. The molecule has 1 aliphatic carbocycles. The van der Waals surface area contributed by atoms with Gasteiger partial charge in [0.2, 0.25) is 5.91 Å². The molecule has 1 atom stereocenters. The van der Waals surface area contributed by atoms with E-state index in [0.717, 1.165) is 10.5 Å². The number of rotatable bonds is 4. The zero-order chi connectivity index (χ0) is 24.9. The highest BCUT2D eigenvalue weighted by molar-refractivity contribution is 6.28. The van der Waals surface area contributed by atoms with Gasteiger partial charge in [0.05, 0.1) is 0 Å². The molecule has 2 N–H and O–H groups in total. The van der Waals surface area contributed by atoms with Gasteiger partial charge in [-0.2, -0.15) is 0 Å². The van der Waals surface area contributed by atoms with Gasteiger partial charge >= 0.3 is 6.03 Å². The summed E-state index contributed by atoms with van der Waals surface area (Å²) in [5.74, 6) is -1.72. The molecule has 0 saturated carbocycles. The maximum absolute atomic E-state index is 13.1. The molecular formula is C27H21N3O5. The lowest BCUT2D eigenvalue weighted by atomic mass is 9.84. The largest absolute Gasteiger partial charge is 0.325 e. The van der Waals surface area contributed by atoms with Crippen molar-refractivity contribution in [2.24, 2.45) is 0 Å². The van der Waals surface area contributed by atoms with Crippen LogP contribution in [-0.4, -0.2) is 40.9 Å². The quantitative estimate of drug-likeness (QED) is 0.448. The Kier molecular flexibility index (Phi) is 5.09. The fourth-order valence-electron chi connectivity index (χ4n) is 4.68. The molecule has 1 unspecified atom stereocenters. The molecule has 8 heteroatoms. The third kappa shape index (κ3) is 3.50. The van der Waals surface area contributed by atoms with E-state index in [2.05, 4.69) is 10.6 Å². The Morgan fingerprint density at radius 1 is 0.857 bits per heavy atom. The van der Waals surface area contributed by atoms with E-state index in [0.29, 0.717) is 16.7 Å². The van der Waals surface area contributed by atoms with Crippen LogP contribution in [0.2, 0.25) is 0 Å². The first-order valence-electron chi connectivity index (χ1n) is 11.0. The molecule has 1 aliphatic heterocycles. The van der Waals surface area contributed by atoms with Gasteiger partial charge in [-0.15, -0.1) is 0 Å². The van der Waals surface area contributed by atoms with Crippen molar-refractivity contribution >= 4 is 35.1 Å². The average Bonchev–Trinajstić information content (AvgIpc) is 3.06. The monoisotopic (exact) mass is 467 g/mol. The van der Waals surface area contributed by atoms with Gasteiger partial charge in [-0.3, -0.25) is 24.1 Å². The average molecular weight is 467 g/mol. The summed E-state index contributed by atoms with van der Waals surface area (Å²) in [4.78, 5) is 65.0. The third-order valence-electron chi connectivity index (χ3n) is 6.47. The molecule has 2 aliphatic rings. The van der Waals surface area contributed by atoms with Crippen molar-refractivity contribution in [2.45, 2.75) is 19.4 Å². The standard InChI is InChI=1S/C27H21N3O5/c1-15-7-3-6-10-21(15)27(2)25(34)30(26(35)29-27)14-22(31)28-16-11-12-19-20(13-16)24(33)18-9-5-4-8-17(18)23(19)32/h3-13H,14H2,1-2H3,(H,28,31)(H,29,35). The molecule has 3 aromatic rings. The van der Waals surface area contributed by atoms with E-state index in [1.807, 2.05) is 19.1 Å². The number of benzene rings is 3. The van der Waals surface area contributed by atoms with Gasteiger partial charge < -0.3 is 10.6 Å². The molecule has 0 radical (unpaired) electrons. The molecule has 174 valence electrons. The highest BCUT2D eigenvalue weighted by Gasteiger charge is 2.50. The fraction of sp³-hybridized carbons (Fsp3) is 0.148. The summed E-state index contributed by atoms with van der Waals surface area (Å²) in [6, 6.07) is 17.6. The second-order valence-corrected chi connectivity index (χ2v) is 8.77. The smallest absolute Gasteiger partial charge is 0.325 e. The number of hydrogen-bond donors (Lipinski definition) is 2. The number of imide groups is 1. The van der Waals surface area contributed by atoms with Crippen LogP contribution in [0.15, 0.2) is 66.7 Å². The number of nitrogens with one attached hydrogen (secondary N) is 2. The number of carbonyl (C=O) groups is 5. The van der Waals surface area contributed by atoms with E-state index in [9.17, 15) is 24.0 Å². The molecule has 35 heavy (non-hydrogen) atoms. The molecule has 1 fully saturated rings. The zero-order valence-corrected chi connectivity index (χ0v) is 19.0. The van der Waals surface area contributed by atoms with Crippen molar-refractivity contribution in [2.75, 3.05) is 11.9 Å². The summed E-state index contributed by atoms with van der Waals surface area (Å²) in [6.45, 7) is 2.95. The predicted octanol–water partition coefficient (Wildman–Crippen LogP) is 3.18. The predicted molar refractivity (Wildman–Crippen MR) is 127 cm³/mol. The molecule has 0 bridgehead atoms. The van der Waals surface area contributed by atoms with Crippen molar-refractivity contribution in [3.8, 4) is 0 Å². The minimum Gasteiger partial charge on any atom is -0.325 e. The molecular weight excluding hydrogens is 446 g/mol. The summed E-state index contributed by atoms with van der Waals surface area (Å²) in [7, 11) is 0. The van der Waals surface area contributed by atoms with Crippen LogP contribution in [0.5, 0.6) is 0 Å².